The lowest BCUT2D eigenvalue weighted by atomic mass is 9.93. The summed E-state index contributed by atoms with van der Waals surface area (Å²) in [5.41, 5.74) is 7.27. The zero-order valence-corrected chi connectivity index (χ0v) is 25.4. The fourth-order valence-electron chi connectivity index (χ4n) is 6.19. The van der Waals surface area contributed by atoms with E-state index in [1.807, 2.05) is 49.5 Å². The molecule has 0 amide bonds. The minimum Gasteiger partial charge on any atom is -0.480 e. The number of aromatic nitrogens is 4. The first-order valence-corrected chi connectivity index (χ1v) is 15.1. The van der Waals surface area contributed by atoms with Crippen LogP contribution >= 0.6 is 0 Å². The van der Waals surface area contributed by atoms with Gasteiger partial charge in [-0.05, 0) is 78.4 Å². The van der Waals surface area contributed by atoms with Crippen molar-refractivity contribution in [2.75, 3.05) is 18.4 Å². The van der Waals surface area contributed by atoms with E-state index in [0.717, 1.165) is 74.0 Å². The maximum absolute atomic E-state index is 12.8. The second-order valence-corrected chi connectivity index (χ2v) is 11.7. The number of carbonyl (C=O) groups is 1. The Labute approximate surface area is 263 Å². The van der Waals surface area contributed by atoms with Crippen molar-refractivity contribution in [2.24, 2.45) is 0 Å². The molecule has 0 bridgehead atoms. The SMILES string of the molecule is Cc1c(Nc2nccc3cc(CN4CC[C@@H](O)C4)cnc23)cccc1-c1cccc(-c2nc3c(=O)n(CC(=O)O)ccc3o2)c1C. The Morgan fingerprint density at radius 1 is 1.02 bits per heavy atom. The number of aliphatic hydroxyl groups is 1. The lowest BCUT2D eigenvalue weighted by Crippen LogP contribution is -2.23. The van der Waals surface area contributed by atoms with Crippen LogP contribution in [0.3, 0.4) is 0 Å². The number of aliphatic hydroxyl groups excluding tert-OH is 1. The normalized spacial score (nSPS) is 15.2. The van der Waals surface area contributed by atoms with Crippen LogP contribution in [0.2, 0.25) is 0 Å². The second kappa shape index (κ2) is 11.8. The van der Waals surface area contributed by atoms with E-state index in [-0.39, 0.29) is 17.5 Å². The van der Waals surface area contributed by atoms with Crippen LogP contribution in [-0.4, -0.2) is 59.8 Å². The van der Waals surface area contributed by atoms with Gasteiger partial charge in [0.2, 0.25) is 5.89 Å². The van der Waals surface area contributed by atoms with Gasteiger partial charge in [-0.2, -0.15) is 0 Å². The summed E-state index contributed by atoms with van der Waals surface area (Å²) in [5, 5.41) is 23.5. The molecular formula is C35H32N6O5. The van der Waals surface area contributed by atoms with E-state index in [9.17, 15) is 14.7 Å². The van der Waals surface area contributed by atoms with Crippen molar-refractivity contribution in [3.05, 3.63) is 100 Å². The van der Waals surface area contributed by atoms with Crippen LogP contribution in [0.15, 0.2) is 82.4 Å². The number of nitrogens with zero attached hydrogens (tertiary/aromatic N) is 5. The highest BCUT2D eigenvalue weighted by Crippen LogP contribution is 2.37. The Balaban J connectivity index is 1.19. The largest absolute Gasteiger partial charge is 0.480 e. The van der Waals surface area contributed by atoms with E-state index < -0.39 is 18.1 Å². The number of rotatable bonds is 8. The number of pyridine rings is 3. The molecule has 5 heterocycles. The van der Waals surface area contributed by atoms with Gasteiger partial charge in [-0.25, -0.2) is 9.97 Å². The van der Waals surface area contributed by atoms with Crippen molar-refractivity contribution in [1.82, 2.24) is 24.4 Å². The van der Waals surface area contributed by atoms with Crippen LogP contribution < -0.4 is 10.9 Å². The number of nitrogens with one attached hydrogen (secondary N) is 1. The van der Waals surface area contributed by atoms with E-state index in [0.29, 0.717) is 17.9 Å². The number of fused-ring (bicyclic) bond motifs is 2. The zero-order chi connectivity index (χ0) is 31.9. The fraction of sp³-hybridized carbons (Fsp3) is 0.229. The Morgan fingerprint density at radius 2 is 1.80 bits per heavy atom. The van der Waals surface area contributed by atoms with Gasteiger partial charge in [-0.15, -0.1) is 0 Å². The fourth-order valence-corrected chi connectivity index (χ4v) is 6.19. The highest BCUT2D eigenvalue weighted by atomic mass is 16.4. The molecule has 0 saturated carbocycles. The summed E-state index contributed by atoms with van der Waals surface area (Å²) in [7, 11) is 0. The average Bonchev–Trinajstić information content (AvgIpc) is 3.66. The van der Waals surface area contributed by atoms with Crippen LogP contribution in [-0.2, 0) is 17.9 Å². The number of likely N-dealkylation sites (tertiary alicyclic amines) is 1. The van der Waals surface area contributed by atoms with Crippen LogP contribution in [0.1, 0.15) is 23.1 Å². The average molecular weight is 617 g/mol. The number of aliphatic carboxylic acids is 1. The summed E-state index contributed by atoms with van der Waals surface area (Å²) >= 11 is 0. The Hall–Kier alpha value is -5.39. The van der Waals surface area contributed by atoms with Gasteiger partial charge in [0.25, 0.3) is 5.56 Å². The van der Waals surface area contributed by atoms with Gasteiger partial charge in [-0.1, -0.05) is 24.3 Å². The van der Waals surface area contributed by atoms with Gasteiger partial charge in [-0.3, -0.25) is 19.5 Å². The molecule has 0 unspecified atom stereocenters. The monoisotopic (exact) mass is 616 g/mol. The number of carboxylic acids is 1. The quantitative estimate of drug-likeness (QED) is 0.206. The lowest BCUT2D eigenvalue weighted by Gasteiger charge is -2.17. The number of β-amino-alcohol motifs (C(OH)–C–C–N with tert-alkyl or cyclic N) is 1. The third kappa shape index (κ3) is 5.50. The zero-order valence-electron chi connectivity index (χ0n) is 25.4. The van der Waals surface area contributed by atoms with E-state index in [1.165, 1.54) is 6.20 Å². The van der Waals surface area contributed by atoms with Crippen molar-refractivity contribution in [3.8, 4) is 22.6 Å². The van der Waals surface area contributed by atoms with Gasteiger partial charge in [0.1, 0.15) is 12.1 Å². The van der Waals surface area contributed by atoms with Crippen LogP contribution in [0.25, 0.3) is 44.6 Å². The van der Waals surface area contributed by atoms with Gasteiger partial charge in [0.15, 0.2) is 16.9 Å². The topological polar surface area (TPSA) is 147 Å². The van der Waals surface area contributed by atoms with Crippen molar-refractivity contribution in [1.29, 1.82) is 0 Å². The maximum atomic E-state index is 12.8. The number of benzene rings is 2. The third-order valence-corrected chi connectivity index (χ3v) is 8.58. The summed E-state index contributed by atoms with van der Waals surface area (Å²) < 4.78 is 7.08. The highest BCUT2D eigenvalue weighted by Gasteiger charge is 2.21. The molecule has 7 rings (SSSR count). The van der Waals surface area contributed by atoms with Crippen molar-refractivity contribution in [3.63, 3.8) is 0 Å². The van der Waals surface area contributed by atoms with Crippen LogP contribution in [0, 0.1) is 13.8 Å². The standard InChI is InChI=1S/C35H32N6O5/c1-20-25(5-3-7-27(20)34-39-32-29(46-34)11-14-41(35(32)45)19-30(43)44)26-6-4-8-28(21(26)2)38-33-31-23(9-12-36-33)15-22(16-37-31)17-40-13-10-24(42)18-40/h3-9,11-12,14-16,24,42H,10,13,17-19H2,1-2H3,(H,36,38)(H,43,44)/t24-/m1/s1. The molecule has 0 spiro atoms. The van der Waals surface area contributed by atoms with Crippen molar-refractivity contribution in [2.45, 2.75) is 39.5 Å². The van der Waals surface area contributed by atoms with E-state index in [1.54, 1.807) is 12.3 Å². The number of hydrogen-bond donors (Lipinski definition) is 3. The predicted molar refractivity (Wildman–Crippen MR) is 175 cm³/mol. The molecule has 232 valence electrons. The highest BCUT2D eigenvalue weighted by molar-refractivity contribution is 5.91. The molecule has 2 aromatic carbocycles. The van der Waals surface area contributed by atoms with Crippen LogP contribution in [0.4, 0.5) is 11.5 Å². The molecule has 0 radical (unpaired) electrons. The molecule has 46 heavy (non-hydrogen) atoms. The molecular weight excluding hydrogens is 584 g/mol. The molecule has 0 aliphatic carbocycles. The van der Waals surface area contributed by atoms with Crippen LogP contribution in [0.5, 0.6) is 0 Å². The summed E-state index contributed by atoms with van der Waals surface area (Å²) in [5.74, 6) is -0.165. The summed E-state index contributed by atoms with van der Waals surface area (Å²) in [6, 6.07) is 17.5. The first-order valence-electron chi connectivity index (χ1n) is 15.1. The van der Waals surface area contributed by atoms with Gasteiger partial charge in [0, 0.05) is 54.9 Å². The maximum Gasteiger partial charge on any atom is 0.323 e. The first-order chi connectivity index (χ1) is 22.2. The number of oxazole rings is 1. The van der Waals surface area contributed by atoms with Gasteiger partial charge in [0.05, 0.1) is 6.10 Å². The second-order valence-electron chi connectivity index (χ2n) is 11.7. The molecule has 3 N–H and O–H groups in total. The predicted octanol–water partition coefficient (Wildman–Crippen LogP) is 5.28. The first kappa shape index (κ1) is 29.3. The molecule has 4 aromatic heterocycles. The van der Waals surface area contributed by atoms with E-state index in [4.69, 9.17) is 14.5 Å². The molecule has 11 nitrogen and oxygen atoms in total. The van der Waals surface area contributed by atoms with Gasteiger partial charge < -0.3 is 24.5 Å². The molecule has 6 aromatic rings. The number of anilines is 2. The minimum absolute atomic E-state index is 0.0871. The number of carboxylic acid groups (broad SMARTS) is 1. The number of hydrogen-bond acceptors (Lipinski definition) is 9. The van der Waals surface area contributed by atoms with Gasteiger partial charge >= 0.3 is 5.97 Å². The summed E-state index contributed by atoms with van der Waals surface area (Å²) in [6.45, 7) is 5.89. The molecule has 11 heteroatoms. The van der Waals surface area contributed by atoms with E-state index >= 15 is 0 Å². The lowest BCUT2D eigenvalue weighted by molar-refractivity contribution is -0.137. The molecule has 1 aliphatic heterocycles. The van der Waals surface area contributed by atoms with E-state index in [2.05, 4.69) is 39.2 Å². The summed E-state index contributed by atoms with van der Waals surface area (Å²) in [4.78, 5) is 40.1. The van der Waals surface area contributed by atoms with Crippen molar-refractivity contribution < 1.29 is 19.4 Å². The molecule has 1 saturated heterocycles. The smallest absolute Gasteiger partial charge is 0.323 e. The van der Waals surface area contributed by atoms with Crippen molar-refractivity contribution >= 4 is 39.5 Å². The Bertz CT molecular complexity index is 2190. The minimum atomic E-state index is -1.11. The Kier molecular flexibility index (Phi) is 7.55. The molecule has 1 aliphatic rings. The molecule has 1 fully saturated rings. The third-order valence-electron chi connectivity index (χ3n) is 8.58. The summed E-state index contributed by atoms with van der Waals surface area (Å²) in [6.07, 6.45) is 5.60. The molecule has 1 atom stereocenters. The Morgan fingerprint density at radius 3 is 2.59 bits per heavy atom.